The summed E-state index contributed by atoms with van der Waals surface area (Å²) >= 11 is 0. The molecule has 0 saturated carbocycles. The molecule has 2 atom stereocenters. The van der Waals surface area contributed by atoms with Crippen LogP contribution in [-0.2, 0) is 19.1 Å². The van der Waals surface area contributed by atoms with Gasteiger partial charge in [-0.15, -0.1) is 0 Å². The second-order valence-corrected chi connectivity index (χ2v) is 3.92. The maximum atomic E-state index is 11.4. The standard InChI is InChI=1S/C9H12O4/c1-5-3-9(7(10)12-5)4-6(2)13-8(9)11/h5-6H,3-4H2,1-2H3. The van der Waals surface area contributed by atoms with E-state index >= 15 is 0 Å². The van der Waals surface area contributed by atoms with Gasteiger partial charge in [0, 0.05) is 12.8 Å². The van der Waals surface area contributed by atoms with Crippen molar-refractivity contribution in [3.05, 3.63) is 0 Å². The molecule has 0 radical (unpaired) electrons. The second kappa shape index (κ2) is 2.47. The molecule has 2 unspecified atom stereocenters. The van der Waals surface area contributed by atoms with E-state index < -0.39 is 17.4 Å². The minimum absolute atomic E-state index is 0.162. The van der Waals surface area contributed by atoms with Crippen LogP contribution in [0.1, 0.15) is 26.7 Å². The summed E-state index contributed by atoms with van der Waals surface area (Å²) in [5.41, 5.74) is -0.973. The first-order valence-corrected chi connectivity index (χ1v) is 4.47. The fourth-order valence-electron chi connectivity index (χ4n) is 2.16. The Bertz CT molecular complexity index is 243. The van der Waals surface area contributed by atoms with Crippen LogP contribution in [0.4, 0.5) is 0 Å². The lowest BCUT2D eigenvalue weighted by Crippen LogP contribution is -2.31. The van der Waals surface area contributed by atoms with Crippen molar-refractivity contribution in [3.8, 4) is 0 Å². The Balaban J connectivity index is 2.30. The van der Waals surface area contributed by atoms with Crippen molar-refractivity contribution >= 4 is 11.9 Å². The SMILES string of the molecule is CC1CC2(CC(C)OC2=O)C(=O)O1. The van der Waals surface area contributed by atoms with Crippen LogP contribution < -0.4 is 0 Å². The molecule has 2 aliphatic rings. The van der Waals surface area contributed by atoms with E-state index in [9.17, 15) is 9.59 Å². The topological polar surface area (TPSA) is 52.6 Å². The molecule has 13 heavy (non-hydrogen) atoms. The van der Waals surface area contributed by atoms with Crippen molar-refractivity contribution in [1.29, 1.82) is 0 Å². The fourth-order valence-corrected chi connectivity index (χ4v) is 2.16. The Morgan fingerprint density at radius 3 is 1.69 bits per heavy atom. The summed E-state index contributed by atoms with van der Waals surface area (Å²) in [6.07, 6.45) is 0.611. The van der Waals surface area contributed by atoms with Gasteiger partial charge < -0.3 is 9.47 Å². The average Bonchev–Trinajstić information content (AvgIpc) is 2.40. The van der Waals surface area contributed by atoms with E-state index in [1.165, 1.54) is 0 Å². The molecule has 72 valence electrons. The minimum Gasteiger partial charge on any atom is -0.462 e. The van der Waals surface area contributed by atoms with Gasteiger partial charge >= 0.3 is 11.9 Å². The predicted octanol–water partition coefficient (Wildman–Crippen LogP) is 0.644. The highest BCUT2D eigenvalue weighted by Gasteiger charge is 2.59. The van der Waals surface area contributed by atoms with Crippen LogP contribution >= 0.6 is 0 Å². The normalized spacial score (nSPS) is 43.8. The van der Waals surface area contributed by atoms with Gasteiger partial charge in [0.1, 0.15) is 12.2 Å². The number of carbonyl (C=O) groups excluding carboxylic acids is 2. The highest BCUT2D eigenvalue weighted by atomic mass is 16.6. The fraction of sp³-hybridized carbons (Fsp3) is 0.778. The van der Waals surface area contributed by atoms with Crippen molar-refractivity contribution in [2.75, 3.05) is 0 Å². The molecule has 2 saturated heterocycles. The van der Waals surface area contributed by atoms with Crippen LogP contribution in [0.15, 0.2) is 0 Å². The van der Waals surface area contributed by atoms with Crippen molar-refractivity contribution in [3.63, 3.8) is 0 Å². The number of carbonyl (C=O) groups is 2. The van der Waals surface area contributed by atoms with Crippen molar-refractivity contribution in [1.82, 2.24) is 0 Å². The average molecular weight is 184 g/mol. The van der Waals surface area contributed by atoms with Crippen molar-refractivity contribution in [2.45, 2.75) is 38.9 Å². The largest absolute Gasteiger partial charge is 0.462 e. The Hall–Kier alpha value is -1.06. The number of esters is 2. The van der Waals surface area contributed by atoms with Gasteiger partial charge in [0.15, 0.2) is 5.41 Å². The molecule has 2 fully saturated rings. The van der Waals surface area contributed by atoms with Crippen LogP contribution in [0, 0.1) is 5.41 Å². The molecule has 0 aliphatic carbocycles. The zero-order valence-electron chi connectivity index (χ0n) is 7.70. The molecule has 0 bridgehead atoms. The third-order valence-electron chi connectivity index (χ3n) is 2.67. The van der Waals surface area contributed by atoms with Gasteiger partial charge in [-0.2, -0.15) is 0 Å². The van der Waals surface area contributed by atoms with E-state index in [0.29, 0.717) is 12.8 Å². The summed E-state index contributed by atoms with van der Waals surface area (Å²) in [7, 11) is 0. The van der Waals surface area contributed by atoms with Gasteiger partial charge in [-0.3, -0.25) is 9.59 Å². The molecule has 2 heterocycles. The van der Waals surface area contributed by atoms with Gasteiger partial charge in [0.05, 0.1) is 0 Å². The van der Waals surface area contributed by atoms with E-state index in [4.69, 9.17) is 9.47 Å². The second-order valence-electron chi connectivity index (χ2n) is 3.92. The summed E-state index contributed by atoms with van der Waals surface area (Å²) < 4.78 is 9.96. The molecule has 0 aromatic rings. The number of cyclic esters (lactones) is 2. The summed E-state index contributed by atoms with van der Waals surface area (Å²) in [4.78, 5) is 22.9. The first-order chi connectivity index (χ1) is 6.04. The monoisotopic (exact) mass is 184 g/mol. The summed E-state index contributed by atoms with van der Waals surface area (Å²) in [5.74, 6) is -0.816. The van der Waals surface area contributed by atoms with E-state index in [0.717, 1.165) is 0 Å². The number of rotatable bonds is 0. The lowest BCUT2D eigenvalue weighted by molar-refractivity contribution is -0.158. The Kier molecular flexibility index (Phi) is 1.62. The molecule has 2 rings (SSSR count). The van der Waals surface area contributed by atoms with Crippen LogP contribution in [-0.4, -0.2) is 24.1 Å². The smallest absolute Gasteiger partial charge is 0.324 e. The number of ether oxygens (including phenoxy) is 2. The summed E-state index contributed by atoms with van der Waals surface area (Å²) in [5, 5.41) is 0. The Morgan fingerprint density at radius 2 is 1.46 bits per heavy atom. The molecule has 4 heteroatoms. The minimum atomic E-state index is -0.973. The maximum Gasteiger partial charge on any atom is 0.324 e. The molecule has 0 aromatic carbocycles. The zero-order valence-corrected chi connectivity index (χ0v) is 7.70. The van der Waals surface area contributed by atoms with Gasteiger partial charge in [-0.05, 0) is 13.8 Å². The molecule has 2 aliphatic heterocycles. The number of hydrogen-bond donors (Lipinski definition) is 0. The van der Waals surface area contributed by atoms with Crippen LogP contribution in [0.25, 0.3) is 0 Å². The summed E-state index contributed by atoms with van der Waals surface area (Å²) in [6.45, 7) is 3.59. The maximum absolute atomic E-state index is 11.4. The van der Waals surface area contributed by atoms with E-state index in [1.54, 1.807) is 13.8 Å². The molecule has 4 nitrogen and oxygen atoms in total. The molecular formula is C9H12O4. The van der Waals surface area contributed by atoms with Crippen molar-refractivity contribution < 1.29 is 19.1 Å². The van der Waals surface area contributed by atoms with Gasteiger partial charge in [0.2, 0.25) is 0 Å². The Labute approximate surface area is 76.2 Å². The van der Waals surface area contributed by atoms with Crippen molar-refractivity contribution in [2.24, 2.45) is 5.41 Å². The third kappa shape index (κ3) is 1.04. The molecular weight excluding hydrogens is 172 g/mol. The molecule has 0 aromatic heterocycles. The Morgan fingerprint density at radius 1 is 1.08 bits per heavy atom. The van der Waals surface area contributed by atoms with Crippen LogP contribution in [0.5, 0.6) is 0 Å². The van der Waals surface area contributed by atoms with Crippen LogP contribution in [0.2, 0.25) is 0 Å². The quantitative estimate of drug-likeness (QED) is 0.409. The van der Waals surface area contributed by atoms with E-state index in [-0.39, 0.29) is 12.2 Å². The first kappa shape index (κ1) is 8.53. The van der Waals surface area contributed by atoms with E-state index in [1.807, 2.05) is 0 Å². The summed E-state index contributed by atoms with van der Waals surface area (Å²) in [6, 6.07) is 0. The lowest BCUT2D eigenvalue weighted by atomic mass is 9.82. The third-order valence-corrected chi connectivity index (χ3v) is 2.67. The highest BCUT2D eigenvalue weighted by Crippen LogP contribution is 2.44. The van der Waals surface area contributed by atoms with Gasteiger partial charge in [0.25, 0.3) is 0 Å². The zero-order chi connectivity index (χ0) is 9.64. The molecule has 1 spiro atoms. The van der Waals surface area contributed by atoms with E-state index in [2.05, 4.69) is 0 Å². The van der Waals surface area contributed by atoms with Gasteiger partial charge in [-0.25, -0.2) is 0 Å². The molecule has 0 N–H and O–H groups in total. The van der Waals surface area contributed by atoms with Crippen LogP contribution in [0.3, 0.4) is 0 Å². The molecule has 0 amide bonds. The first-order valence-electron chi connectivity index (χ1n) is 4.47. The van der Waals surface area contributed by atoms with Gasteiger partial charge in [-0.1, -0.05) is 0 Å². The number of hydrogen-bond acceptors (Lipinski definition) is 4. The lowest BCUT2D eigenvalue weighted by Gasteiger charge is -2.10. The highest BCUT2D eigenvalue weighted by molar-refractivity contribution is 6.02. The predicted molar refractivity (Wildman–Crippen MR) is 42.8 cm³/mol.